The predicted molar refractivity (Wildman–Crippen MR) is 70.1 cm³/mol. The van der Waals surface area contributed by atoms with Crippen molar-refractivity contribution in [2.75, 3.05) is 7.11 Å². The molecule has 0 aliphatic rings. The molecule has 0 heterocycles. The molecule has 2 rings (SSSR count). The fourth-order valence-corrected chi connectivity index (χ4v) is 1.93. The highest BCUT2D eigenvalue weighted by molar-refractivity contribution is 5.88. The highest BCUT2D eigenvalue weighted by Crippen LogP contribution is 2.29. The zero-order valence-corrected chi connectivity index (χ0v) is 10.6. The predicted octanol–water partition coefficient (Wildman–Crippen LogP) is 3.51. The van der Waals surface area contributed by atoms with E-state index >= 15 is 0 Å². The summed E-state index contributed by atoms with van der Waals surface area (Å²) in [5, 5.41) is 8.81. The van der Waals surface area contributed by atoms with E-state index in [2.05, 4.69) is 0 Å². The molecule has 2 aromatic carbocycles. The second-order valence-corrected chi connectivity index (χ2v) is 4.18. The smallest absolute Gasteiger partial charge is 0.335 e. The van der Waals surface area contributed by atoms with Crippen molar-refractivity contribution in [3.05, 3.63) is 53.3 Å². The van der Waals surface area contributed by atoms with Gasteiger partial charge in [-0.25, -0.2) is 9.18 Å². The molecular formula is C15H13FO3. The molecule has 0 saturated heterocycles. The highest BCUT2D eigenvalue weighted by Gasteiger charge is 2.11. The van der Waals surface area contributed by atoms with Crippen molar-refractivity contribution >= 4 is 5.97 Å². The Bertz CT molecular complexity index is 635. The average molecular weight is 260 g/mol. The normalized spacial score (nSPS) is 10.3. The molecule has 4 heteroatoms. The van der Waals surface area contributed by atoms with Gasteiger partial charge in [0.05, 0.1) is 12.7 Å². The number of carbonyl (C=O) groups is 1. The summed E-state index contributed by atoms with van der Waals surface area (Å²) in [6.07, 6.45) is 0. The summed E-state index contributed by atoms with van der Waals surface area (Å²) in [5.41, 5.74) is 1.90. The van der Waals surface area contributed by atoms with Crippen molar-refractivity contribution in [1.82, 2.24) is 0 Å². The summed E-state index contributed by atoms with van der Waals surface area (Å²) in [6.45, 7) is 1.85. The van der Waals surface area contributed by atoms with E-state index in [1.54, 1.807) is 25.3 Å². The fraction of sp³-hybridized carbons (Fsp3) is 0.133. The number of aryl methyl sites for hydroxylation is 1. The van der Waals surface area contributed by atoms with E-state index in [0.717, 1.165) is 17.2 Å². The summed E-state index contributed by atoms with van der Waals surface area (Å²) < 4.78 is 19.1. The number of rotatable bonds is 3. The van der Waals surface area contributed by atoms with Gasteiger partial charge in [-0.05, 0) is 42.3 Å². The standard InChI is InChI=1S/C15H13FO3/c1-9-7-11(19-2)4-6-12(9)13-5-3-10(15(17)18)8-14(13)16/h3-8H,1-2H3,(H,17,18). The van der Waals surface area contributed by atoms with Crippen LogP contribution in [0.5, 0.6) is 5.75 Å². The molecule has 0 radical (unpaired) electrons. The summed E-state index contributed by atoms with van der Waals surface area (Å²) in [5.74, 6) is -0.992. The number of hydrogen-bond donors (Lipinski definition) is 1. The van der Waals surface area contributed by atoms with Crippen molar-refractivity contribution < 1.29 is 19.0 Å². The van der Waals surface area contributed by atoms with Crippen molar-refractivity contribution in [1.29, 1.82) is 0 Å². The van der Waals surface area contributed by atoms with E-state index in [0.29, 0.717) is 11.3 Å². The molecule has 0 amide bonds. The molecule has 0 aliphatic carbocycles. The number of aromatic carboxylic acids is 1. The van der Waals surface area contributed by atoms with Gasteiger partial charge in [-0.1, -0.05) is 12.1 Å². The fourth-order valence-electron chi connectivity index (χ4n) is 1.93. The second kappa shape index (κ2) is 5.10. The van der Waals surface area contributed by atoms with Gasteiger partial charge >= 0.3 is 5.97 Å². The van der Waals surface area contributed by atoms with Gasteiger partial charge < -0.3 is 9.84 Å². The Hall–Kier alpha value is -2.36. The second-order valence-electron chi connectivity index (χ2n) is 4.18. The van der Waals surface area contributed by atoms with E-state index in [4.69, 9.17) is 9.84 Å². The average Bonchev–Trinajstić information content (AvgIpc) is 2.39. The van der Waals surface area contributed by atoms with Crippen LogP contribution in [0.4, 0.5) is 4.39 Å². The van der Waals surface area contributed by atoms with Crippen molar-refractivity contribution in [2.24, 2.45) is 0 Å². The summed E-state index contributed by atoms with van der Waals surface area (Å²) in [7, 11) is 1.57. The van der Waals surface area contributed by atoms with Crippen LogP contribution in [0.3, 0.4) is 0 Å². The third-order valence-electron chi connectivity index (χ3n) is 2.94. The van der Waals surface area contributed by atoms with Gasteiger partial charge in [0, 0.05) is 5.56 Å². The maximum absolute atomic E-state index is 14.0. The summed E-state index contributed by atoms with van der Waals surface area (Å²) in [4.78, 5) is 10.8. The molecular weight excluding hydrogens is 247 g/mol. The topological polar surface area (TPSA) is 46.5 Å². The highest BCUT2D eigenvalue weighted by atomic mass is 19.1. The van der Waals surface area contributed by atoms with Crippen LogP contribution < -0.4 is 4.74 Å². The van der Waals surface area contributed by atoms with Gasteiger partial charge in [0.1, 0.15) is 11.6 Å². The Morgan fingerprint density at radius 3 is 2.37 bits per heavy atom. The van der Waals surface area contributed by atoms with Crippen LogP contribution in [-0.4, -0.2) is 18.2 Å². The van der Waals surface area contributed by atoms with Gasteiger partial charge in [-0.15, -0.1) is 0 Å². The summed E-state index contributed by atoms with van der Waals surface area (Å²) >= 11 is 0. The number of methoxy groups -OCH3 is 1. The van der Waals surface area contributed by atoms with Crippen LogP contribution in [-0.2, 0) is 0 Å². The van der Waals surface area contributed by atoms with Gasteiger partial charge in [0.15, 0.2) is 0 Å². The molecule has 0 aromatic heterocycles. The SMILES string of the molecule is COc1ccc(-c2ccc(C(=O)O)cc2F)c(C)c1. The van der Waals surface area contributed by atoms with Crippen molar-refractivity contribution in [2.45, 2.75) is 6.92 Å². The van der Waals surface area contributed by atoms with Crippen LogP contribution in [0, 0.1) is 12.7 Å². The van der Waals surface area contributed by atoms with Crippen LogP contribution in [0.25, 0.3) is 11.1 Å². The molecule has 3 nitrogen and oxygen atoms in total. The van der Waals surface area contributed by atoms with Gasteiger partial charge in [-0.2, -0.15) is 0 Å². The lowest BCUT2D eigenvalue weighted by molar-refractivity contribution is 0.0696. The monoisotopic (exact) mass is 260 g/mol. The van der Waals surface area contributed by atoms with Crippen LogP contribution in [0.1, 0.15) is 15.9 Å². The minimum Gasteiger partial charge on any atom is -0.497 e. The molecule has 98 valence electrons. The molecule has 0 bridgehead atoms. The first-order valence-electron chi connectivity index (χ1n) is 5.71. The lowest BCUT2D eigenvalue weighted by atomic mass is 9.98. The number of carboxylic acids is 1. The van der Waals surface area contributed by atoms with E-state index in [-0.39, 0.29) is 5.56 Å². The molecule has 2 aromatic rings. The first-order chi connectivity index (χ1) is 9.02. The van der Waals surface area contributed by atoms with Gasteiger partial charge in [-0.3, -0.25) is 0 Å². The van der Waals surface area contributed by atoms with E-state index in [1.165, 1.54) is 12.1 Å². The molecule has 0 unspecified atom stereocenters. The Kier molecular flexibility index (Phi) is 3.51. The number of benzene rings is 2. The zero-order valence-electron chi connectivity index (χ0n) is 10.6. The Balaban J connectivity index is 2.50. The molecule has 0 aliphatic heterocycles. The Labute approximate surface area is 110 Å². The maximum atomic E-state index is 14.0. The molecule has 1 N–H and O–H groups in total. The third-order valence-corrected chi connectivity index (χ3v) is 2.94. The largest absolute Gasteiger partial charge is 0.497 e. The molecule has 0 atom stereocenters. The molecule has 0 fully saturated rings. The maximum Gasteiger partial charge on any atom is 0.335 e. The van der Waals surface area contributed by atoms with Gasteiger partial charge in [0.2, 0.25) is 0 Å². The Morgan fingerprint density at radius 2 is 1.84 bits per heavy atom. The van der Waals surface area contributed by atoms with Crippen molar-refractivity contribution in [3.8, 4) is 16.9 Å². The lowest BCUT2D eigenvalue weighted by Gasteiger charge is -2.09. The minimum atomic E-state index is -1.14. The number of carboxylic acid groups (broad SMARTS) is 1. The van der Waals surface area contributed by atoms with Crippen molar-refractivity contribution in [3.63, 3.8) is 0 Å². The molecule has 0 spiro atoms. The lowest BCUT2D eigenvalue weighted by Crippen LogP contribution is -1.98. The van der Waals surface area contributed by atoms with Crippen LogP contribution in [0.15, 0.2) is 36.4 Å². The zero-order chi connectivity index (χ0) is 14.0. The van der Waals surface area contributed by atoms with Crippen LogP contribution >= 0.6 is 0 Å². The summed E-state index contributed by atoms with van der Waals surface area (Å²) in [6, 6.07) is 9.21. The van der Waals surface area contributed by atoms with E-state index in [9.17, 15) is 9.18 Å². The van der Waals surface area contributed by atoms with E-state index in [1.807, 2.05) is 6.92 Å². The quantitative estimate of drug-likeness (QED) is 0.918. The van der Waals surface area contributed by atoms with E-state index < -0.39 is 11.8 Å². The minimum absolute atomic E-state index is 0.0626. The first-order valence-corrected chi connectivity index (χ1v) is 5.71. The van der Waals surface area contributed by atoms with Crippen LogP contribution in [0.2, 0.25) is 0 Å². The number of halogens is 1. The third kappa shape index (κ3) is 2.57. The number of hydrogen-bond acceptors (Lipinski definition) is 2. The molecule has 19 heavy (non-hydrogen) atoms. The number of ether oxygens (including phenoxy) is 1. The Morgan fingerprint density at radius 1 is 1.16 bits per heavy atom. The van der Waals surface area contributed by atoms with Gasteiger partial charge in [0.25, 0.3) is 0 Å². The molecule has 0 saturated carbocycles. The first kappa shape index (κ1) is 13.1.